The van der Waals surface area contributed by atoms with Crippen molar-refractivity contribution in [3.63, 3.8) is 0 Å². The second-order valence-electron chi connectivity index (χ2n) is 6.86. The van der Waals surface area contributed by atoms with E-state index in [1.165, 1.54) is 31.9 Å². The van der Waals surface area contributed by atoms with E-state index in [0.717, 1.165) is 44.1 Å². The molecule has 0 heterocycles. The van der Waals surface area contributed by atoms with Crippen LogP contribution in [0.25, 0.3) is 0 Å². The number of nitrogens with one attached hydrogen (secondary N) is 1. The lowest BCUT2D eigenvalue weighted by Crippen LogP contribution is -2.41. The van der Waals surface area contributed by atoms with Crippen LogP contribution in [0.1, 0.15) is 58.3 Å². The SMILES string of the molecule is CC1CCCC(CNC2CCCC(S(C)(=O)=O)C2)C1. The molecule has 0 aromatic heterocycles. The van der Waals surface area contributed by atoms with Gasteiger partial charge < -0.3 is 5.32 Å². The van der Waals surface area contributed by atoms with E-state index < -0.39 is 9.84 Å². The van der Waals surface area contributed by atoms with Gasteiger partial charge in [-0.15, -0.1) is 0 Å². The van der Waals surface area contributed by atoms with Crippen LogP contribution in [0.15, 0.2) is 0 Å². The molecule has 0 aromatic carbocycles. The molecule has 2 saturated carbocycles. The fourth-order valence-electron chi connectivity index (χ4n) is 3.80. The van der Waals surface area contributed by atoms with Crippen LogP contribution >= 0.6 is 0 Å². The Morgan fingerprint density at radius 3 is 2.47 bits per heavy atom. The van der Waals surface area contributed by atoms with Crippen molar-refractivity contribution in [2.75, 3.05) is 12.8 Å². The van der Waals surface area contributed by atoms with Crippen LogP contribution in [-0.2, 0) is 9.84 Å². The maximum atomic E-state index is 11.7. The van der Waals surface area contributed by atoms with E-state index in [1.54, 1.807) is 0 Å². The zero-order valence-corrected chi connectivity index (χ0v) is 13.2. The second-order valence-corrected chi connectivity index (χ2v) is 9.19. The Hall–Kier alpha value is -0.0900. The van der Waals surface area contributed by atoms with Crippen molar-refractivity contribution in [3.8, 4) is 0 Å². The highest BCUT2D eigenvalue weighted by atomic mass is 32.2. The Labute approximate surface area is 118 Å². The minimum Gasteiger partial charge on any atom is -0.314 e. The van der Waals surface area contributed by atoms with Crippen LogP contribution in [0, 0.1) is 11.8 Å². The van der Waals surface area contributed by atoms with E-state index in [9.17, 15) is 8.42 Å². The van der Waals surface area contributed by atoms with Gasteiger partial charge in [0.25, 0.3) is 0 Å². The van der Waals surface area contributed by atoms with Crippen LogP contribution in [-0.4, -0.2) is 32.5 Å². The molecule has 0 aliphatic heterocycles. The first-order valence-corrected chi connectivity index (χ1v) is 9.83. The van der Waals surface area contributed by atoms with E-state index in [2.05, 4.69) is 12.2 Å². The van der Waals surface area contributed by atoms with Gasteiger partial charge in [-0.1, -0.05) is 26.2 Å². The van der Waals surface area contributed by atoms with Gasteiger partial charge in [0.1, 0.15) is 9.84 Å². The van der Waals surface area contributed by atoms with Gasteiger partial charge in [0, 0.05) is 12.3 Å². The third kappa shape index (κ3) is 4.75. The Bertz CT molecular complexity index is 380. The van der Waals surface area contributed by atoms with Crippen molar-refractivity contribution in [2.45, 2.75) is 69.6 Å². The fraction of sp³-hybridized carbons (Fsp3) is 1.00. The van der Waals surface area contributed by atoms with Gasteiger partial charge in [0.15, 0.2) is 0 Å². The zero-order chi connectivity index (χ0) is 13.9. The number of hydrogen-bond acceptors (Lipinski definition) is 3. The second kappa shape index (κ2) is 6.57. The monoisotopic (exact) mass is 287 g/mol. The van der Waals surface area contributed by atoms with E-state index in [-0.39, 0.29) is 5.25 Å². The van der Waals surface area contributed by atoms with E-state index in [4.69, 9.17) is 0 Å². The van der Waals surface area contributed by atoms with Crippen molar-refractivity contribution in [1.29, 1.82) is 0 Å². The van der Waals surface area contributed by atoms with Crippen LogP contribution in [0.2, 0.25) is 0 Å². The summed E-state index contributed by atoms with van der Waals surface area (Å²) in [6.45, 7) is 3.44. The summed E-state index contributed by atoms with van der Waals surface area (Å²) in [5, 5.41) is 3.54. The van der Waals surface area contributed by atoms with Gasteiger partial charge in [-0.2, -0.15) is 0 Å². The smallest absolute Gasteiger partial charge is 0.150 e. The standard InChI is InChI=1S/C15H29NO2S/c1-12-5-3-6-13(9-12)11-16-14-7-4-8-15(10-14)19(2,17)18/h12-16H,3-11H2,1-2H3. The van der Waals surface area contributed by atoms with E-state index >= 15 is 0 Å². The minimum absolute atomic E-state index is 0.107. The summed E-state index contributed by atoms with van der Waals surface area (Å²) in [6, 6.07) is 0.422. The zero-order valence-electron chi connectivity index (χ0n) is 12.4. The van der Waals surface area contributed by atoms with Crippen molar-refractivity contribution < 1.29 is 8.42 Å². The Balaban J connectivity index is 1.76. The molecule has 4 heteroatoms. The predicted octanol–water partition coefficient (Wildman–Crippen LogP) is 2.76. The summed E-state index contributed by atoms with van der Waals surface area (Å²) < 4.78 is 23.3. The topological polar surface area (TPSA) is 46.2 Å². The molecule has 0 saturated heterocycles. The average Bonchev–Trinajstić information content (AvgIpc) is 2.36. The number of hydrogen-bond donors (Lipinski definition) is 1. The molecule has 0 amide bonds. The van der Waals surface area contributed by atoms with Crippen molar-refractivity contribution in [1.82, 2.24) is 5.32 Å². The van der Waals surface area contributed by atoms with Gasteiger partial charge in [0.05, 0.1) is 5.25 Å². The highest BCUT2D eigenvalue weighted by Gasteiger charge is 2.29. The molecule has 0 spiro atoms. The van der Waals surface area contributed by atoms with Gasteiger partial charge in [-0.25, -0.2) is 8.42 Å². The largest absolute Gasteiger partial charge is 0.314 e. The molecule has 1 N–H and O–H groups in total. The number of rotatable bonds is 4. The molecular weight excluding hydrogens is 258 g/mol. The molecule has 4 atom stereocenters. The molecule has 112 valence electrons. The van der Waals surface area contributed by atoms with Gasteiger partial charge in [-0.05, 0) is 50.5 Å². The summed E-state index contributed by atoms with van der Waals surface area (Å²) in [5.41, 5.74) is 0. The molecule has 4 unspecified atom stereocenters. The first-order chi connectivity index (χ1) is 8.95. The summed E-state index contributed by atoms with van der Waals surface area (Å²) in [5.74, 6) is 1.68. The Morgan fingerprint density at radius 2 is 1.79 bits per heavy atom. The van der Waals surface area contributed by atoms with Crippen LogP contribution in [0.4, 0.5) is 0 Å². The summed E-state index contributed by atoms with van der Waals surface area (Å²) in [7, 11) is -2.85. The molecule has 2 fully saturated rings. The Kier molecular flexibility index (Phi) is 5.29. The summed E-state index contributed by atoms with van der Waals surface area (Å²) in [4.78, 5) is 0. The lowest BCUT2D eigenvalue weighted by Gasteiger charge is -2.32. The lowest BCUT2D eigenvalue weighted by atomic mass is 9.82. The maximum absolute atomic E-state index is 11.7. The third-order valence-electron chi connectivity index (χ3n) is 4.97. The summed E-state index contributed by atoms with van der Waals surface area (Å²) in [6.07, 6.45) is 10.7. The van der Waals surface area contributed by atoms with Crippen molar-refractivity contribution >= 4 is 9.84 Å². The van der Waals surface area contributed by atoms with Gasteiger partial charge in [-0.3, -0.25) is 0 Å². The van der Waals surface area contributed by atoms with E-state index in [1.807, 2.05) is 0 Å². The van der Waals surface area contributed by atoms with Gasteiger partial charge in [0.2, 0.25) is 0 Å². The molecule has 2 aliphatic carbocycles. The molecule has 0 bridgehead atoms. The first-order valence-electron chi connectivity index (χ1n) is 7.87. The predicted molar refractivity (Wildman–Crippen MR) is 80.0 cm³/mol. The molecule has 0 aromatic rings. The molecule has 2 rings (SSSR count). The lowest BCUT2D eigenvalue weighted by molar-refractivity contribution is 0.256. The maximum Gasteiger partial charge on any atom is 0.150 e. The molecule has 0 radical (unpaired) electrons. The third-order valence-corrected chi connectivity index (χ3v) is 6.61. The number of sulfone groups is 1. The molecule has 2 aliphatic rings. The average molecular weight is 287 g/mol. The summed E-state index contributed by atoms with van der Waals surface area (Å²) >= 11 is 0. The quantitative estimate of drug-likeness (QED) is 0.865. The molecule has 19 heavy (non-hydrogen) atoms. The van der Waals surface area contributed by atoms with Crippen LogP contribution in [0.3, 0.4) is 0 Å². The van der Waals surface area contributed by atoms with Crippen molar-refractivity contribution in [3.05, 3.63) is 0 Å². The van der Waals surface area contributed by atoms with Gasteiger partial charge >= 0.3 is 0 Å². The normalized spacial score (nSPS) is 37.2. The minimum atomic E-state index is -2.85. The Morgan fingerprint density at radius 1 is 1.05 bits per heavy atom. The van der Waals surface area contributed by atoms with Crippen LogP contribution < -0.4 is 5.32 Å². The van der Waals surface area contributed by atoms with Crippen LogP contribution in [0.5, 0.6) is 0 Å². The van der Waals surface area contributed by atoms with E-state index in [0.29, 0.717) is 6.04 Å². The van der Waals surface area contributed by atoms with Crippen molar-refractivity contribution in [2.24, 2.45) is 11.8 Å². The highest BCUT2D eigenvalue weighted by molar-refractivity contribution is 7.91. The highest BCUT2D eigenvalue weighted by Crippen LogP contribution is 2.29. The fourth-order valence-corrected chi connectivity index (χ4v) is 4.97. The molecular formula is C15H29NO2S. The first kappa shape index (κ1) is 15.3. The molecule has 3 nitrogen and oxygen atoms in total.